The van der Waals surface area contributed by atoms with Gasteiger partial charge in [-0.25, -0.2) is 14.6 Å². The average Bonchev–Trinajstić information content (AvgIpc) is 2.72. The van der Waals surface area contributed by atoms with Gasteiger partial charge in [0.05, 0.1) is 12.7 Å². The smallest absolute Gasteiger partial charge is 0.408 e. The summed E-state index contributed by atoms with van der Waals surface area (Å²) in [7, 11) is 4.55. The zero-order valence-electron chi connectivity index (χ0n) is 19.2. The highest BCUT2D eigenvalue weighted by Crippen LogP contribution is 2.21. The second kappa shape index (κ2) is 10.6. The molecule has 0 unspecified atom stereocenters. The first-order valence-electron chi connectivity index (χ1n) is 10.0. The van der Waals surface area contributed by atoms with Crippen LogP contribution in [0.15, 0.2) is 42.6 Å². The van der Waals surface area contributed by atoms with Gasteiger partial charge >= 0.3 is 12.1 Å². The molecule has 172 valence electrons. The van der Waals surface area contributed by atoms with Gasteiger partial charge in [0, 0.05) is 32.8 Å². The van der Waals surface area contributed by atoms with Crippen LogP contribution in [0.4, 0.5) is 4.79 Å². The monoisotopic (exact) mass is 443 g/mol. The number of alkyl carbamates (subject to hydrolysis) is 1. The molecule has 1 aromatic heterocycles. The molecule has 0 radical (unpaired) electrons. The number of methoxy groups -OCH3 is 1. The van der Waals surface area contributed by atoms with Gasteiger partial charge in [-0.2, -0.15) is 0 Å². The number of nitrogens with zero attached hydrogens (tertiary/aromatic N) is 2. The van der Waals surface area contributed by atoms with Crippen LogP contribution in [0.25, 0.3) is 0 Å². The van der Waals surface area contributed by atoms with E-state index >= 15 is 0 Å². The molecule has 9 nitrogen and oxygen atoms in total. The highest BCUT2D eigenvalue weighted by atomic mass is 16.6. The molecule has 0 aliphatic rings. The Hall–Kier alpha value is -3.62. The van der Waals surface area contributed by atoms with Crippen LogP contribution in [0, 0.1) is 0 Å². The third-order valence-electron chi connectivity index (χ3n) is 4.17. The van der Waals surface area contributed by atoms with Gasteiger partial charge in [0.25, 0.3) is 0 Å². The number of nitrogens with one attached hydrogen (secondary N) is 1. The van der Waals surface area contributed by atoms with Crippen molar-refractivity contribution in [2.75, 3.05) is 21.2 Å². The van der Waals surface area contributed by atoms with E-state index < -0.39 is 23.7 Å². The summed E-state index contributed by atoms with van der Waals surface area (Å²) in [5.74, 6) is 0.126. The maximum atomic E-state index is 12.5. The third-order valence-corrected chi connectivity index (χ3v) is 4.17. The number of esters is 1. The van der Waals surface area contributed by atoms with E-state index in [0.29, 0.717) is 17.2 Å². The molecule has 0 aliphatic carbocycles. The highest BCUT2D eigenvalue weighted by molar-refractivity contribution is 5.89. The summed E-state index contributed by atoms with van der Waals surface area (Å²) < 4.78 is 15.6. The van der Waals surface area contributed by atoms with Crippen LogP contribution in [0.2, 0.25) is 0 Å². The highest BCUT2D eigenvalue weighted by Gasteiger charge is 2.25. The van der Waals surface area contributed by atoms with Crippen LogP contribution in [-0.4, -0.2) is 60.7 Å². The van der Waals surface area contributed by atoms with Gasteiger partial charge in [0.1, 0.15) is 17.4 Å². The number of rotatable bonds is 7. The van der Waals surface area contributed by atoms with Gasteiger partial charge in [-0.05, 0) is 44.5 Å². The minimum absolute atomic E-state index is 0.244. The molecule has 9 heteroatoms. The minimum atomic E-state index is -0.779. The van der Waals surface area contributed by atoms with E-state index in [2.05, 4.69) is 15.0 Å². The van der Waals surface area contributed by atoms with E-state index in [9.17, 15) is 14.4 Å². The standard InChI is InChI=1S/C23H29N3O6/c1-23(2,3)32-22(29)25-18(20(27)26(4)5)13-15-7-10-17(11-8-15)31-19-12-9-16(14-24-19)21(28)30-6/h7-12,14,18H,13H2,1-6H3,(H,25,29)/t18-/m0/s1. The number of hydrogen-bond acceptors (Lipinski definition) is 7. The molecule has 2 aromatic rings. The molecule has 0 saturated heterocycles. The fourth-order valence-corrected chi connectivity index (χ4v) is 2.69. The predicted octanol–water partition coefficient (Wildman–Crippen LogP) is 3.18. The van der Waals surface area contributed by atoms with E-state index in [1.54, 1.807) is 71.3 Å². The molecule has 32 heavy (non-hydrogen) atoms. The van der Waals surface area contributed by atoms with Crippen molar-refractivity contribution in [2.45, 2.75) is 38.8 Å². The fraction of sp³-hybridized carbons (Fsp3) is 0.391. The summed E-state index contributed by atoms with van der Waals surface area (Å²) >= 11 is 0. The van der Waals surface area contributed by atoms with Crippen molar-refractivity contribution in [1.82, 2.24) is 15.2 Å². The molecular formula is C23H29N3O6. The van der Waals surface area contributed by atoms with Gasteiger partial charge in [0.15, 0.2) is 0 Å². The second-order valence-electron chi connectivity index (χ2n) is 8.26. The Balaban J connectivity index is 2.06. The largest absolute Gasteiger partial charge is 0.465 e. The molecule has 0 bridgehead atoms. The van der Waals surface area contributed by atoms with Crippen LogP contribution >= 0.6 is 0 Å². The zero-order valence-corrected chi connectivity index (χ0v) is 19.2. The van der Waals surface area contributed by atoms with Crippen molar-refractivity contribution in [2.24, 2.45) is 0 Å². The normalized spacial score (nSPS) is 11.8. The van der Waals surface area contributed by atoms with E-state index in [-0.39, 0.29) is 12.3 Å². The topological polar surface area (TPSA) is 107 Å². The van der Waals surface area contributed by atoms with E-state index in [1.807, 2.05) is 0 Å². The lowest BCUT2D eigenvalue weighted by Gasteiger charge is -2.25. The summed E-state index contributed by atoms with van der Waals surface area (Å²) in [6.45, 7) is 5.27. The first kappa shape index (κ1) is 24.6. The van der Waals surface area contributed by atoms with Crippen molar-refractivity contribution in [3.63, 3.8) is 0 Å². The quantitative estimate of drug-likeness (QED) is 0.655. The number of pyridine rings is 1. The Kier molecular flexibility index (Phi) is 8.17. The molecule has 0 fully saturated rings. The first-order chi connectivity index (χ1) is 15.0. The number of carbonyl (C=O) groups is 3. The SMILES string of the molecule is COC(=O)c1ccc(Oc2ccc(C[C@H](NC(=O)OC(C)(C)C)C(=O)N(C)C)cc2)nc1. The van der Waals surface area contributed by atoms with Crippen molar-refractivity contribution < 1.29 is 28.6 Å². The zero-order chi connectivity index (χ0) is 23.9. The number of hydrogen-bond donors (Lipinski definition) is 1. The van der Waals surface area contributed by atoms with Crippen molar-refractivity contribution >= 4 is 18.0 Å². The molecule has 2 rings (SSSR count). The third kappa shape index (κ3) is 7.57. The van der Waals surface area contributed by atoms with E-state index in [0.717, 1.165) is 5.56 Å². The number of likely N-dealkylation sites (N-methyl/N-ethyl adjacent to an activating group) is 1. The van der Waals surface area contributed by atoms with Crippen LogP contribution < -0.4 is 10.1 Å². The average molecular weight is 444 g/mol. The summed E-state index contributed by atoms with van der Waals surface area (Å²) in [6.07, 6.45) is 0.997. The first-order valence-corrected chi connectivity index (χ1v) is 10.0. The van der Waals surface area contributed by atoms with Crippen molar-refractivity contribution in [1.29, 1.82) is 0 Å². The van der Waals surface area contributed by atoms with Crippen molar-refractivity contribution in [3.8, 4) is 11.6 Å². The number of carbonyl (C=O) groups excluding carboxylic acids is 3. The summed E-state index contributed by atoms with van der Waals surface area (Å²) in [4.78, 5) is 41.7. The van der Waals surface area contributed by atoms with Crippen LogP contribution in [0.3, 0.4) is 0 Å². The van der Waals surface area contributed by atoms with E-state index in [1.165, 1.54) is 18.2 Å². The molecule has 0 saturated carbocycles. The second-order valence-corrected chi connectivity index (χ2v) is 8.26. The van der Waals surface area contributed by atoms with Gasteiger partial charge < -0.3 is 24.4 Å². The Morgan fingerprint density at radius 2 is 1.72 bits per heavy atom. The molecule has 1 atom stereocenters. The summed E-state index contributed by atoms with van der Waals surface area (Å²) in [6, 6.07) is 9.40. The predicted molar refractivity (Wildman–Crippen MR) is 118 cm³/mol. The number of aromatic nitrogens is 1. The number of benzene rings is 1. The molecular weight excluding hydrogens is 414 g/mol. The molecule has 2 amide bonds. The van der Waals surface area contributed by atoms with Crippen molar-refractivity contribution in [3.05, 3.63) is 53.7 Å². The Morgan fingerprint density at radius 1 is 1.06 bits per heavy atom. The summed E-state index contributed by atoms with van der Waals surface area (Å²) in [5.41, 5.74) is 0.476. The molecule has 1 heterocycles. The Labute approximate surface area is 187 Å². The van der Waals surface area contributed by atoms with Crippen LogP contribution in [0.5, 0.6) is 11.6 Å². The molecule has 0 aliphatic heterocycles. The van der Waals surface area contributed by atoms with Gasteiger partial charge in [-0.3, -0.25) is 4.79 Å². The van der Waals surface area contributed by atoms with Gasteiger partial charge in [-0.1, -0.05) is 12.1 Å². The number of amides is 2. The fourth-order valence-electron chi connectivity index (χ4n) is 2.69. The maximum Gasteiger partial charge on any atom is 0.408 e. The molecule has 0 spiro atoms. The van der Waals surface area contributed by atoms with Gasteiger partial charge in [0.2, 0.25) is 11.8 Å². The lowest BCUT2D eigenvalue weighted by molar-refractivity contribution is -0.130. The Morgan fingerprint density at radius 3 is 2.22 bits per heavy atom. The minimum Gasteiger partial charge on any atom is -0.465 e. The molecule has 1 N–H and O–H groups in total. The van der Waals surface area contributed by atoms with Gasteiger partial charge in [-0.15, -0.1) is 0 Å². The Bertz CT molecular complexity index is 934. The van der Waals surface area contributed by atoms with E-state index in [4.69, 9.17) is 9.47 Å². The molecule has 1 aromatic carbocycles. The van der Waals surface area contributed by atoms with Crippen LogP contribution in [-0.2, 0) is 20.7 Å². The summed E-state index contributed by atoms with van der Waals surface area (Å²) in [5, 5.41) is 2.65. The maximum absolute atomic E-state index is 12.5. The van der Waals surface area contributed by atoms with Crippen LogP contribution in [0.1, 0.15) is 36.7 Å². The number of ether oxygens (including phenoxy) is 3. The lowest BCUT2D eigenvalue weighted by atomic mass is 10.0. The lowest BCUT2D eigenvalue weighted by Crippen LogP contribution is -2.48.